The van der Waals surface area contributed by atoms with Crippen LogP contribution in [0.3, 0.4) is 0 Å². The number of fused-ring (bicyclic) bond motifs is 1. The Bertz CT molecular complexity index is 692. The van der Waals surface area contributed by atoms with Crippen molar-refractivity contribution in [1.29, 1.82) is 0 Å². The van der Waals surface area contributed by atoms with Crippen molar-refractivity contribution in [3.8, 4) is 0 Å². The second-order valence-corrected chi connectivity index (χ2v) is 3.17. The lowest BCUT2D eigenvalue weighted by molar-refractivity contribution is -0.781. The van der Waals surface area contributed by atoms with Gasteiger partial charge in [0.05, 0.1) is 15.0 Å². The van der Waals surface area contributed by atoms with Crippen LogP contribution >= 0.6 is 0 Å². The third kappa shape index (κ3) is 1.25. The molecule has 0 unspecified atom stereocenters. The second kappa shape index (κ2) is 3.41. The molecule has 0 amide bonds. The second-order valence-electron chi connectivity index (χ2n) is 3.17. The van der Waals surface area contributed by atoms with E-state index in [4.69, 9.17) is 11.5 Å². The first-order chi connectivity index (χ1) is 8.36. The molecule has 0 aliphatic rings. The summed E-state index contributed by atoms with van der Waals surface area (Å²) in [5.41, 5.74) is 6.31. The van der Waals surface area contributed by atoms with Gasteiger partial charge >= 0.3 is 16.9 Å². The number of rotatable bonds is 2. The van der Waals surface area contributed by atoms with Gasteiger partial charge in [0.25, 0.3) is 5.52 Å². The number of hydrogen-bond donors (Lipinski definition) is 2. The molecule has 1 heterocycles. The molecule has 2 rings (SSSR count). The summed E-state index contributed by atoms with van der Waals surface area (Å²) in [5.74, 6) is 0. The van der Waals surface area contributed by atoms with Crippen molar-refractivity contribution < 1.29 is 19.4 Å². The molecule has 0 atom stereocenters. The Balaban J connectivity index is 3.09. The third-order valence-corrected chi connectivity index (χ3v) is 2.23. The summed E-state index contributed by atoms with van der Waals surface area (Å²) in [6, 6.07) is 0. The number of aromatic nitrogens is 2. The van der Waals surface area contributed by atoms with Gasteiger partial charge in [-0.25, -0.2) is 0 Å². The standard InChI is InChI=1S/C6H4N6O6/c7-1-2(8)5(10(13)14)6(11(15)16)3-4(1)12(17)18-9-3/h7-8H2. The van der Waals surface area contributed by atoms with Crippen molar-refractivity contribution in [2.45, 2.75) is 0 Å². The smallest absolute Gasteiger partial charge is 0.393 e. The van der Waals surface area contributed by atoms with Gasteiger partial charge in [0, 0.05) is 0 Å². The highest BCUT2D eigenvalue weighted by molar-refractivity contribution is 6.03. The molecule has 12 nitrogen and oxygen atoms in total. The molecular formula is C6H4N6O6. The van der Waals surface area contributed by atoms with Crippen LogP contribution in [0.15, 0.2) is 4.63 Å². The average molecular weight is 256 g/mol. The highest BCUT2D eigenvalue weighted by Gasteiger charge is 2.40. The van der Waals surface area contributed by atoms with Gasteiger partial charge in [-0.05, 0) is 4.90 Å². The molecule has 0 spiro atoms. The van der Waals surface area contributed by atoms with Crippen LogP contribution < -0.4 is 16.4 Å². The summed E-state index contributed by atoms with van der Waals surface area (Å²) in [4.78, 5) is 19.2. The topological polar surface area (TPSA) is 191 Å². The Labute approximate surface area is 96.2 Å². The van der Waals surface area contributed by atoms with E-state index in [1.54, 1.807) is 0 Å². The molecule has 0 aliphatic carbocycles. The Morgan fingerprint density at radius 1 is 1.11 bits per heavy atom. The predicted molar refractivity (Wildman–Crippen MR) is 55.1 cm³/mol. The van der Waals surface area contributed by atoms with Gasteiger partial charge in [-0.2, -0.15) is 0 Å². The third-order valence-electron chi connectivity index (χ3n) is 2.23. The number of anilines is 2. The Hall–Kier alpha value is -3.18. The fraction of sp³-hybridized carbons (Fsp3) is 0. The summed E-state index contributed by atoms with van der Waals surface area (Å²) in [6.07, 6.45) is 0. The quantitative estimate of drug-likeness (QED) is 0.306. The van der Waals surface area contributed by atoms with Crippen LogP contribution in [0.25, 0.3) is 11.0 Å². The SMILES string of the molecule is Nc1c([N+](=O)[O-])c([N+](=O)[O-])c2no[n+]([O-])c2c1N. The van der Waals surface area contributed by atoms with Crippen LogP contribution in [0.2, 0.25) is 0 Å². The van der Waals surface area contributed by atoms with Gasteiger partial charge in [-0.1, -0.05) is 0 Å². The van der Waals surface area contributed by atoms with E-state index in [0.717, 1.165) is 0 Å². The van der Waals surface area contributed by atoms with Crippen LogP contribution in [0.5, 0.6) is 0 Å². The van der Waals surface area contributed by atoms with E-state index in [9.17, 15) is 25.4 Å². The number of nitro benzene ring substituents is 2. The first-order valence-corrected chi connectivity index (χ1v) is 4.25. The van der Waals surface area contributed by atoms with E-state index in [0.29, 0.717) is 0 Å². The van der Waals surface area contributed by atoms with E-state index in [-0.39, 0.29) is 4.90 Å². The Morgan fingerprint density at radius 3 is 2.17 bits per heavy atom. The molecule has 1 aromatic heterocycles. The maximum Gasteiger partial charge on any atom is 0.405 e. The van der Waals surface area contributed by atoms with Gasteiger partial charge in [-0.15, -0.1) is 0 Å². The summed E-state index contributed by atoms with van der Waals surface area (Å²) >= 11 is 0. The number of nitrogen functional groups attached to an aromatic ring is 2. The normalized spacial score (nSPS) is 10.7. The lowest BCUT2D eigenvalue weighted by atomic mass is 10.1. The van der Waals surface area contributed by atoms with Crippen molar-refractivity contribution >= 4 is 33.8 Å². The highest BCUT2D eigenvalue weighted by Crippen LogP contribution is 2.42. The first-order valence-electron chi connectivity index (χ1n) is 4.25. The minimum atomic E-state index is -1.08. The maximum absolute atomic E-state index is 11.2. The molecule has 18 heavy (non-hydrogen) atoms. The minimum absolute atomic E-state index is 0.211. The van der Waals surface area contributed by atoms with E-state index >= 15 is 0 Å². The number of nitro groups is 2. The molecule has 1 aromatic carbocycles. The molecule has 2 aromatic rings. The summed E-state index contributed by atoms with van der Waals surface area (Å²) in [6.45, 7) is 0. The number of nitrogens with two attached hydrogens (primary N) is 2. The fourth-order valence-electron chi connectivity index (χ4n) is 1.48. The zero-order chi connectivity index (χ0) is 13.6. The molecule has 12 heteroatoms. The molecule has 0 saturated heterocycles. The lowest BCUT2D eigenvalue weighted by Crippen LogP contribution is -2.24. The van der Waals surface area contributed by atoms with E-state index in [1.807, 2.05) is 0 Å². The molecule has 94 valence electrons. The van der Waals surface area contributed by atoms with Crippen molar-refractivity contribution in [3.05, 3.63) is 25.4 Å². The molecule has 4 N–H and O–H groups in total. The summed E-state index contributed by atoms with van der Waals surface area (Å²) < 4.78 is 4.12. The van der Waals surface area contributed by atoms with Crippen LogP contribution in [0.1, 0.15) is 0 Å². The molecule has 0 radical (unpaired) electrons. The predicted octanol–water partition coefficient (Wildman–Crippen LogP) is -0.558. The van der Waals surface area contributed by atoms with Crippen molar-refractivity contribution in [2.24, 2.45) is 0 Å². The first kappa shape index (κ1) is 11.3. The van der Waals surface area contributed by atoms with Crippen molar-refractivity contribution in [3.63, 3.8) is 0 Å². The monoisotopic (exact) mass is 256 g/mol. The minimum Gasteiger partial charge on any atom is -0.393 e. The zero-order valence-corrected chi connectivity index (χ0v) is 8.39. The van der Waals surface area contributed by atoms with E-state index in [2.05, 4.69) is 9.79 Å². The fourth-order valence-corrected chi connectivity index (χ4v) is 1.48. The van der Waals surface area contributed by atoms with E-state index < -0.39 is 43.6 Å². The molecule has 0 saturated carbocycles. The largest absolute Gasteiger partial charge is 0.405 e. The lowest BCUT2D eigenvalue weighted by Gasteiger charge is -2.01. The van der Waals surface area contributed by atoms with Crippen LogP contribution in [-0.2, 0) is 0 Å². The van der Waals surface area contributed by atoms with Crippen molar-refractivity contribution in [2.75, 3.05) is 11.5 Å². The average Bonchev–Trinajstić information content (AvgIpc) is 2.64. The Kier molecular flexibility index (Phi) is 2.14. The Morgan fingerprint density at radius 2 is 1.67 bits per heavy atom. The number of hydrogen-bond acceptors (Lipinski definition) is 9. The zero-order valence-electron chi connectivity index (χ0n) is 8.39. The van der Waals surface area contributed by atoms with Gasteiger partial charge < -0.3 is 16.7 Å². The van der Waals surface area contributed by atoms with Crippen LogP contribution in [-0.4, -0.2) is 15.0 Å². The summed E-state index contributed by atoms with van der Waals surface area (Å²) in [7, 11) is 0. The number of nitrogens with zero attached hydrogens (tertiary/aromatic N) is 4. The summed E-state index contributed by atoms with van der Waals surface area (Å²) in [5, 5.41) is 35.8. The molecular weight excluding hydrogens is 252 g/mol. The van der Waals surface area contributed by atoms with Crippen LogP contribution in [0, 0.1) is 25.4 Å². The highest BCUT2D eigenvalue weighted by atomic mass is 16.8. The van der Waals surface area contributed by atoms with Gasteiger partial charge in [-0.3, -0.25) is 24.9 Å². The molecule has 0 fully saturated rings. The molecule has 0 bridgehead atoms. The van der Waals surface area contributed by atoms with Gasteiger partial charge in [0.1, 0.15) is 11.4 Å². The van der Waals surface area contributed by atoms with Crippen LogP contribution in [0.4, 0.5) is 22.7 Å². The van der Waals surface area contributed by atoms with Crippen molar-refractivity contribution in [1.82, 2.24) is 5.16 Å². The maximum atomic E-state index is 11.2. The van der Waals surface area contributed by atoms with E-state index in [1.165, 1.54) is 0 Å². The van der Waals surface area contributed by atoms with Gasteiger partial charge in [0.15, 0.2) is 0 Å². The van der Waals surface area contributed by atoms with Gasteiger partial charge in [0.2, 0.25) is 0 Å². The molecule has 0 aliphatic heterocycles. The number of benzene rings is 1.